The predicted octanol–water partition coefficient (Wildman–Crippen LogP) is 5.58. The van der Waals surface area contributed by atoms with Gasteiger partial charge in [-0.15, -0.1) is 0 Å². The molecule has 0 spiro atoms. The van der Waals surface area contributed by atoms with E-state index in [-0.39, 0.29) is 18.5 Å². The number of fused-ring (bicyclic) bond motifs is 1. The van der Waals surface area contributed by atoms with Gasteiger partial charge in [0, 0.05) is 16.6 Å². The summed E-state index contributed by atoms with van der Waals surface area (Å²) in [4.78, 5) is 30.1. The van der Waals surface area contributed by atoms with Gasteiger partial charge in [0.25, 0.3) is 0 Å². The fraction of sp³-hybridized carbons (Fsp3) is 0.414. The van der Waals surface area contributed by atoms with Crippen molar-refractivity contribution in [3.63, 3.8) is 0 Å². The number of aryl methyl sites for hydroxylation is 1. The highest BCUT2D eigenvalue weighted by Gasteiger charge is 2.65. The second-order valence-electron chi connectivity index (χ2n) is 10.2. The Bertz CT molecular complexity index is 1230. The van der Waals surface area contributed by atoms with E-state index in [1.807, 2.05) is 76.2 Å². The van der Waals surface area contributed by atoms with Crippen LogP contribution >= 0.6 is 0 Å². The van der Waals surface area contributed by atoms with Crippen LogP contribution in [-0.2, 0) is 32.1 Å². The van der Waals surface area contributed by atoms with E-state index >= 15 is 0 Å². The van der Waals surface area contributed by atoms with Crippen LogP contribution in [0.4, 0.5) is 0 Å². The van der Waals surface area contributed by atoms with Crippen molar-refractivity contribution in [2.45, 2.75) is 59.7 Å². The van der Waals surface area contributed by atoms with Gasteiger partial charge in [-0.3, -0.25) is 14.6 Å². The lowest BCUT2D eigenvalue weighted by molar-refractivity contribution is -0.162. The SMILES string of the molecule is CCOC(=O)C1(Cc2ccc(OCc3cc(C)nc4ccccc34)cc2)CC1C(=O)OC(C)(C)C. The third kappa shape index (κ3) is 5.64. The van der Waals surface area contributed by atoms with Crippen LogP contribution in [-0.4, -0.2) is 29.1 Å². The Morgan fingerprint density at radius 3 is 2.49 bits per heavy atom. The van der Waals surface area contributed by atoms with Gasteiger partial charge in [-0.25, -0.2) is 0 Å². The number of nitrogens with zero attached hydrogens (tertiary/aromatic N) is 1. The molecule has 2 aromatic carbocycles. The molecule has 0 radical (unpaired) electrons. The van der Waals surface area contributed by atoms with Crippen molar-refractivity contribution < 1.29 is 23.8 Å². The van der Waals surface area contributed by atoms with Gasteiger partial charge in [-0.05, 0) is 77.3 Å². The molecule has 1 aromatic heterocycles. The summed E-state index contributed by atoms with van der Waals surface area (Å²) in [6.45, 7) is 9.94. The maximum Gasteiger partial charge on any atom is 0.313 e. The van der Waals surface area contributed by atoms with E-state index in [0.29, 0.717) is 19.4 Å². The van der Waals surface area contributed by atoms with Crippen molar-refractivity contribution in [1.29, 1.82) is 0 Å². The zero-order chi connectivity index (χ0) is 25.2. The molecular formula is C29H33NO5. The summed E-state index contributed by atoms with van der Waals surface area (Å²) in [6, 6.07) is 17.8. The van der Waals surface area contributed by atoms with Crippen molar-refractivity contribution in [2.75, 3.05) is 6.61 Å². The Morgan fingerprint density at radius 2 is 1.80 bits per heavy atom. The molecule has 184 valence electrons. The minimum Gasteiger partial charge on any atom is -0.489 e. The van der Waals surface area contributed by atoms with Crippen molar-refractivity contribution in [1.82, 2.24) is 4.98 Å². The zero-order valence-corrected chi connectivity index (χ0v) is 21.1. The minimum atomic E-state index is -0.867. The van der Waals surface area contributed by atoms with Crippen molar-refractivity contribution in [3.8, 4) is 5.75 Å². The molecule has 0 N–H and O–H groups in total. The van der Waals surface area contributed by atoms with Gasteiger partial charge in [0.15, 0.2) is 0 Å². The summed E-state index contributed by atoms with van der Waals surface area (Å²) >= 11 is 0. The molecule has 1 aliphatic rings. The summed E-state index contributed by atoms with van der Waals surface area (Å²) in [7, 11) is 0. The second-order valence-corrected chi connectivity index (χ2v) is 10.2. The first-order valence-corrected chi connectivity index (χ1v) is 12.1. The van der Waals surface area contributed by atoms with Crippen LogP contribution in [0.2, 0.25) is 0 Å². The number of para-hydroxylation sites is 1. The Hall–Kier alpha value is -3.41. The Balaban J connectivity index is 1.45. The Labute approximate surface area is 206 Å². The Morgan fingerprint density at radius 1 is 1.09 bits per heavy atom. The van der Waals surface area contributed by atoms with E-state index in [4.69, 9.17) is 14.2 Å². The molecule has 6 heteroatoms. The van der Waals surface area contributed by atoms with E-state index < -0.39 is 16.9 Å². The zero-order valence-electron chi connectivity index (χ0n) is 21.1. The van der Waals surface area contributed by atoms with E-state index in [1.54, 1.807) is 6.92 Å². The van der Waals surface area contributed by atoms with Crippen LogP contribution < -0.4 is 4.74 Å². The lowest BCUT2D eigenvalue weighted by Crippen LogP contribution is -2.30. The molecule has 6 nitrogen and oxygen atoms in total. The molecule has 1 saturated carbocycles. The molecule has 0 saturated heterocycles. The summed E-state index contributed by atoms with van der Waals surface area (Å²) in [5.41, 5.74) is 2.46. The number of benzene rings is 2. The molecule has 0 bridgehead atoms. The smallest absolute Gasteiger partial charge is 0.313 e. The quantitative estimate of drug-likeness (QED) is 0.396. The Kier molecular flexibility index (Phi) is 6.84. The maximum atomic E-state index is 12.8. The van der Waals surface area contributed by atoms with E-state index in [2.05, 4.69) is 11.1 Å². The van der Waals surface area contributed by atoms with Crippen LogP contribution in [0.15, 0.2) is 54.6 Å². The van der Waals surface area contributed by atoms with Gasteiger partial charge in [0.2, 0.25) is 0 Å². The fourth-order valence-electron chi connectivity index (χ4n) is 4.50. The van der Waals surface area contributed by atoms with Gasteiger partial charge < -0.3 is 14.2 Å². The molecule has 1 fully saturated rings. The second kappa shape index (κ2) is 9.68. The lowest BCUT2D eigenvalue weighted by atomic mass is 9.93. The molecule has 4 rings (SSSR count). The normalized spacial score (nSPS) is 19.3. The third-order valence-electron chi connectivity index (χ3n) is 6.22. The summed E-state index contributed by atoms with van der Waals surface area (Å²) in [6.07, 6.45) is 0.859. The van der Waals surface area contributed by atoms with Crippen LogP contribution in [0.25, 0.3) is 10.9 Å². The number of hydrogen-bond acceptors (Lipinski definition) is 6. The standard InChI is InChI=1S/C29H33NO5/c1-6-33-27(32)29(17-24(29)26(31)35-28(3,4)5)16-20-11-13-22(14-12-20)34-18-21-15-19(2)30-25-10-8-7-9-23(21)25/h7-15,24H,6,16-18H2,1-5H3. The molecule has 0 amide bonds. The average molecular weight is 476 g/mol. The first-order valence-electron chi connectivity index (χ1n) is 12.1. The van der Waals surface area contributed by atoms with Gasteiger partial charge in [0.05, 0.1) is 23.5 Å². The third-order valence-corrected chi connectivity index (χ3v) is 6.22. The number of esters is 2. The molecular weight excluding hydrogens is 442 g/mol. The molecule has 2 unspecified atom stereocenters. The molecule has 0 aliphatic heterocycles. The van der Waals surface area contributed by atoms with Crippen molar-refractivity contribution in [3.05, 3.63) is 71.4 Å². The first-order chi connectivity index (χ1) is 16.6. The van der Waals surface area contributed by atoms with Crippen LogP contribution in [0.5, 0.6) is 5.75 Å². The van der Waals surface area contributed by atoms with Crippen molar-refractivity contribution >= 4 is 22.8 Å². The topological polar surface area (TPSA) is 74.7 Å². The van der Waals surface area contributed by atoms with E-state index in [1.165, 1.54) is 0 Å². The number of aromatic nitrogens is 1. The number of rotatable bonds is 8. The van der Waals surface area contributed by atoms with Gasteiger partial charge in [-0.2, -0.15) is 0 Å². The molecule has 35 heavy (non-hydrogen) atoms. The predicted molar refractivity (Wildman–Crippen MR) is 134 cm³/mol. The monoisotopic (exact) mass is 475 g/mol. The maximum absolute atomic E-state index is 12.8. The number of hydrogen-bond donors (Lipinski definition) is 0. The van der Waals surface area contributed by atoms with E-state index in [0.717, 1.165) is 33.5 Å². The highest BCUT2D eigenvalue weighted by atomic mass is 16.6. The van der Waals surface area contributed by atoms with Crippen LogP contribution in [0, 0.1) is 18.3 Å². The average Bonchev–Trinajstić information content (AvgIpc) is 3.53. The summed E-state index contributed by atoms with van der Waals surface area (Å²) < 4.78 is 16.9. The summed E-state index contributed by atoms with van der Waals surface area (Å²) in [5, 5.41) is 1.08. The minimum absolute atomic E-state index is 0.275. The highest BCUT2D eigenvalue weighted by Crippen LogP contribution is 2.56. The number of pyridine rings is 1. The molecule has 2 atom stereocenters. The highest BCUT2D eigenvalue weighted by molar-refractivity contribution is 5.91. The number of carbonyl (C=O) groups excluding carboxylic acids is 2. The number of carbonyl (C=O) groups is 2. The number of ether oxygens (including phenoxy) is 3. The van der Waals surface area contributed by atoms with Gasteiger partial charge in [0.1, 0.15) is 18.0 Å². The first kappa shape index (κ1) is 24.7. The lowest BCUT2D eigenvalue weighted by Gasteiger charge is -2.21. The van der Waals surface area contributed by atoms with Crippen molar-refractivity contribution in [2.24, 2.45) is 11.3 Å². The van der Waals surface area contributed by atoms with Crippen LogP contribution in [0.1, 0.15) is 50.9 Å². The van der Waals surface area contributed by atoms with Gasteiger partial charge >= 0.3 is 11.9 Å². The largest absolute Gasteiger partial charge is 0.489 e. The molecule has 1 heterocycles. The summed E-state index contributed by atoms with van der Waals surface area (Å²) in [5.74, 6) is -0.432. The van der Waals surface area contributed by atoms with E-state index in [9.17, 15) is 9.59 Å². The van der Waals surface area contributed by atoms with Crippen LogP contribution in [0.3, 0.4) is 0 Å². The fourth-order valence-corrected chi connectivity index (χ4v) is 4.50. The molecule has 1 aliphatic carbocycles. The molecule has 3 aromatic rings. The van der Waals surface area contributed by atoms with Gasteiger partial charge in [-0.1, -0.05) is 30.3 Å².